The van der Waals surface area contributed by atoms with Crippen LogP contribution in [0.3, 0.4) is 0 Å². The van der Waals surface area contributed by atoms with Crippen LogP contribution >= 0.6 is 11.3 Å². The molecule has 2 N–H and O–H groups in total. The summed E-state index contributed by atoms with van der Waals surface area (Å²) in [6, 6.07) is 0. The van der Waals surface area contributed by atoms with Gasteiger partial charge < -0.3 is 15.5 Å². The Hall–Kier alpha value is -0.650. The number of hydrogen-bond acceptors (Lipinski definition) is 5. The van der Waals surface area contributed by atoms with Gasteiger partial charge in [-0.15, -0.1) is 11.3 Å². The number of nitrogens with two attached hydrogens (primary N) is 1. The van der Waals surface area contributed by atoms with Gasteiger partial charge in [-0.3, -0.25) is 0 Å². The fourth-order valence-electron chi connectivity index (χ4n) is 3.13. The fraction of sp³-hybridized carbons (Fsp3) is 0.800. The lowest BCUT2D eigenvalue weighted by Gasteiger charge is -2.33. The van der Waals surface area contributed by atoms with E-state index >= 15 is 0 Å². The number of thiazole rings is 1. The van der Waals surface area contributed by atoms with E-state index in [0.29, 0.717) is 12.5 Å². The molecule has 5 heteroatoms. The highest BCUT2D eigenvalue weighted by Crippen LogP contribution is 2.44. The van der Waals surface area contributed by atoms with Crippen molar-refractivity contribution in [2.45, 2.75) is 38.1 Å². The predicted molar refractivity (Wildman–Crippen MR) is 85.5 cm³/mol. The van der Waals surface area contributed by atoms with E-state index < -0.39 is 0 Å². The van der Waals surface area contributed by atoms with Gasteiger partial charge in [-0.05, 0) is 45.7 Å². The quantitative estimate of drug-likeness (QED) is 0.905. The summed E-state index contributed by atoms with van der Waals surface area (Å²) in [4.78, 5) is 11.0. The minimum Gasteiger partial charge on any atom is -0.348 e. The smallest absolute Gasteiger partial charge is 0.185 e. The Balaban J connectivity index is 1.63. The Bertz CT molecular complexity index is 445. The van der Waals surface area contributed by atoms with Gasteiger partial charge in [0.05, 0.1) is 5.69 Å². The van der Waals surface area contributed by atoms with Crippen molar-refractivity contribution in [3.63, 3.8) is 0 Å². The molecule has 0 bridgehead atoms. The van der Waals surface area contributed by atoms with E-state index in [4.69, 9.17) is 10.7 Å². The molecule has 0 unspecified atom stereocenters. The highest BCUT2D eigenvalue weighted by Gasteiger charge is 2.30. The zero-order valence-corrected chi connectivity index (χ0v) is 13.5. The minimum absolute atomic E-state index is 0.653. The zero-order valence-electron chi connectivity index (χ0n) is 12.6. The molecule has 2 aliphatic rings. The largest absolute Gasteiger partial charge is 0.348 e. The molecule has 1 saturated carbocycles. The molecule has 3 rings (SSSR count). The average molecular weight is 294 g/mol. The monoisotopic (exact) mass is 294 g/mol. The van der Waals surface area contributed by atoms with E-state index in [1.807, 2.05) is 11.3 Å². The summed E-state index contributed by atoms with van der Waals surface area (Å²) in [5, 5.41) is 1.22. The lowest BCUT2D eigenvalue weighted by Crippen LogP contribution is -2.37. The van der Waals surface area contributed by atoms with Gasteiger partial charge >= 0.3 is 0 Å². The van der Waals surface area contributed by atoms with Crippen molar-refractivity contribution in [2.75, 3.05) is 38.6 Å². The second-order valence-electron chi connectivity index (χ2n) is 6.48. The first-order valence-electron chi connectivity index (χ1n) is 7.76. The summed E-state index contributed by atoms with van der Waals surface area (Å²) in [6.07, 6.45) is 5.19. The van der Waals surface area contributed by atoms with E-state index in [9.17, 15) is 0 Å². The molecule has 0 radical (unpaired) electrons. The van der Waals surface area contributed by atoms with Gasteiger partial charge in [0.15, 0.2) is 5.13 Å². The lowest BCUT2D eigenvalue weighted by molar-refractivity contribution is 0.285. The summed E-state index contributed by atoms with van der Waals surface area (Å²) in [5.74, 6) is 1.56. The minimum atomic E-state index is 0.653. The van der Waals surface area contributed by atoms with Crippen molar-refractivity contribution in [1.29, 1.82) is 0 Å². The molecule has 0 atom stereocenters. The van der Waals surface area contributed by atoms with Crippen LogP contribution in [-0.2, 0) is 6.54 Å². The highest BCUT2D eigenvalue weighted by atomic mass is 32.1. The maximum Gasteiger partial charge on any atom is 0.185 e. The Morgan fingerprint density at radius 1 is 1.25 bits per heavy atom. The van der Waals surface area contributed by atoms with E-state index in [-0.39, 0.29) is 0 Å². The van der Waals surface area contributed by atoms with E-state index in [2.05, 4.69) is 23.9 Å². The van der Waals surface area contributed by atoms with Crippen molar-refractivity contribution in [2.24, 2.45) is 11.7 Å². The van der Waals surface area contributed by atoms with Crippen LogP contribution in [0.1, 0.15) is 42.2 Å². The molecule has 0 amide bonds. The van der Waals surface area contributed by atoms with Crippen molar-refractivity contribution in [3.8, 4) is 0 Å². The summed E-state index contributed by atoms with van der Waals surface area (Å²) >= 11 is 1.83. The molecule has 1 aromatic rings. The maximum absolute atomic E-state index is 5.88. The molecule has 112 valence electrons. The predicted octanol–water partition coefficient (Wildman–Crippen LogP) is 2.26. The summed E-state index contributed by atoms with van der Waals surface area (Å²) < 4.78 is 0. The molecule has 1 aromatic heterocycles. The molecule has 2 heterocycles. The summed E-state index contributed by atoms with van der Waals surface area (Å²) in [7, 11) is 4.34. The lowest BCUT2D eigenvalue weighted by atomic mass is 9.97. The van der Waals surface area contributed by atoms with Crippen LogP contribution in [0.15, 0.2) is 0 Å². The van der Waals surface area contributed by atoms with Gasteiger partial charge in [0.2, 0.25) is 0 Å². The van der Waals surface area contributed by atoms with Crippen molar-refractivity contribution in [3.05, 3.63) is 10.6 Å². The molecule has 0 spiro atoms. The Labute approximate surface area is 126 Å². The van der Waals surface area contributed by atoms with Gasteiger partial charge in [-0.1, -0.05) is 0 Å². The number of hydrogen-bond donors (Lipinski definition) is 1. The first-order valence-corrected chi connectivity index (χ1v) is 8.58. The van der Waals surface area contributed by atoms with Gasteiger partial charge in [0.25, 0.3) is 0 Å². The number of anilines is 1. The molecular weight excluding hydrogens is 268 g/mol. The fourth-order valence-corrected chi connectivity index (χ4v) is 4.21. The second-order valence-corrected chi connectivity index (χ2v) is 7.54. The topological polar surface area (TPSA) is 45.4 Å². The molecule has 4 nitrogen and oxygen atoms in total. The van der Waals surface area contributed by atoms with Crippen molar-refractivity contribution in [1.82, 2.24) is 9.88 Å². The third-order valence-electron chi connectivity index (χ3n) is 4.37. The molecular formula is C15H26N4S. The van der Waals surface area contributed by atoms with Crippen LogP contribution in [0.25, 0.3) is 0 Å². The zero-order chi connectivity index (χ0) is 14.1. The van der Waals surface area contributed by atoms with Gasteiger partial charge in [-0.25, -0.2) is 4.98 Å². The Kier molecular flexibility index (Phi) is 4.29. The third-order valence-corrected chi connectivity index (χ3v) is 5.53. The van der Waals surface area contributed by atoms with Crippen LogP contribution in [-0.4, -0.2) is 43.6 Å². The van der Waals surface area contributed by atoms with Gasteiger partial charge in [0.1, 0.15) is 0 Å². The molecule has 0 aromatic carbocycles. The van der Waals surface area contributed by atoms with Crippen molar-refractivity contribution < 1.29 is 0 Å². The molecule has 1 saturated heterocycles. The van der Waals surface area contributed by atoms with E-state index in [1.54, 1.807) is 0 Å². The molecule has 1 aliphatic heterocycles. The molecule has 2 fully saturated rings. The van der Waals surface area contributed by atoms with Gasteiger partial charge in [0, 0.05) is 37.0 Å². The van der Waals surface area contributed by atoms with Gasteiger partial charge in [-0.2, -0.15) is 0 Å². The number of rotatable bonds is 5. The first kappa shape index (κ1) is 14.3. The van der Waals surface area contributed by atoms with E-state index in [1.165, 1.54) is 47.9 Å². The van der Waals surface area contributed by atoms with Crippen LogP contribution in [0.5, 0.6) is 0 Å². The number of piperidine rings is 1. The number of nitrogens with zero attached hydrogens (tertiary/aromatic N) is 3. The molecule has 20 heavy (non-hydrogen) atoms. The Morgan fingerprint density at radius 2 is 1.95 bits per heavy atom. The van der Waals surface area contributed by atoms with E-state index in [0.717, 1.165) is 19.0 Å². The second kappa shape index (κ2) is 6.00. The SMILES string of the molecule is CN(C)CC1CCN(c2nc(C3CC3)c(CN)s2)CC1. The van der Waals surface area contributed by atoms with Crippen LogP contribution in [0.2, 0.25) is 0 Å². The normalized spacial score (nSPS) is 20.9. The van der Waals surface area contributed by atoms with Crippen molar-refractivity contribution >= 4 is 16.5 Å². The average Bonchev–Trinajstić information content (AvgIpc) is 3.18. The third kappa shape index (κ3) is 3.15. The summed E-state index contributed by atoms with van der Waals surface area (Å²) in [6.45, 7) is 4.17. The van der Waals surface area contributed by atoms with Crippen LogP contribution in [0.4, 0.5) is 5.13 Å². The first-order chi connectivity index (χ1) is 9.67. The van der Waals surface area contributed by atoms with Crippen LogP contribution < -0.4 is 10.6 Å². The maximum atomic E-state index is 5.88. The molecule has 1 aliphatic carbocycles. The number of aromatic nitrogens is 1. The standard InChI is InChI=1S/C15H26N4S/c1-18(2)10-11-5-7-19(8-6-11)15-17-14(12-3-4-12)13(9-16)20-15/h11-12H,3-10,16H2,1-2H3. The van der Waals surface area contributed by atoms with Crippen LogP contribution in [0, 0.1) is 5.92 Å². The highest BCUT2D eigenvalue weighted by molar-refractivity contribution is 7.15. The summed E-state index contributed by atoms with van der Waals surface area (Å²) in [5.41, 5.74) is 7.19. The Morgan fingerprint density at radius 3 is 2.50 bits per heavy atom.